The molecule has 0 radical (unpaired) electrons. The molecule has 1 aliphatic heterocycles. The number of likely N-dealkylation sites (tertiary alicyclic amines) is 1. The molecule has 0 bridgehead atoms. The molecular formula is C23H26Cl2N4O2. The van der Waals surface area contributed by atoms with Gasteiger partial charge in [-0.2, -0.15) is 5.10 Å². The Bertz CT molecular complexity index is 1040. The lowest BCUT2D eigenvalue weighted by Gasteiger charge is -2.42. The van der Waals surface area contributed by atoms with Gasteiger partial charge in [0, 0.05) is 15.5 Å². The number of halogens is 2. The first-order chi connectivity index (χ1) is 14.9. The van der Waals surface area contributed by atoms with Crippen LogP contribution in [0.25, 0.3) is 0 Å². The molecule has 1 saturated heterocycles. The largest absolute Gasteiger partial charge is 0.373 e. The molecule has 0 spiro atoms. The zero-order valence-corrected chi connectivity index (χ0v) is 18.9. The van der Waals surface area contributed by atoms with Crippen molar-refractivity contribution in [2.24, 2.45) is 0 Å². The predicted molar refractivity (Wildman–Crippen MR) is 123 cm³/mol. The predicted octanol–water partition coefficient (Wildman–Crippen LogP) is 4.72. The molecule has 2 heterocycles. The fraction of sp³-hybridized carbons (Fsp3) is 0.391. The second-order valence-electron chi connectivity index (χ2n) is 8.20. The van der Waals surface area contributed by atoms with Gasteiger partial charge in [0.05, 0.1) is 19.3 Å². The summed E-state index contributed by atoms with van der Waals surface area (Å²) >= 11 is 12.4. The fourth-order valence-electron chi connectivity index (χ4n) is 4.23. The third-order valence-corrected chi connectivity index (χ3v) is 6.52. The van der Waals surface area contributed by atoms with Crippen LogP contribution in [-0.4, -0.2) is 39.8 Å². The third-order valence-electron chi connectivity index (χ3n) is 6.09. The number of ether oxygens (including phenoxy) is 1. The number of aromatic amines is 2. The van der Waals surface area contributed by atoms with Crippen molar-refractivity contribution in [1.29, 1.82) is 0 Å². The van der Waals surface area contributed by atoms with Gasteiger partial charge in [0.25, 0.3) is 0 Å². The second kappa shape index (κ2) is 9.57. The van der Waals surface area contributed by atoms with Crippen LogP contribution in [0.2, 0.25) is 10.0 Å². The summed E-state index contributed by atoms with van der Waals surface area (Å²) in [6, 6.07) is 16.1. The maximum atomic E-state index is 11.3. The van der Waals surface area contributed by atoms with Crippen LogP contribution in [0.15, 0.2) is 53.3 Å². The van der Waals surface area contributed by atoms with Crippen molar-refractivity contribution in [3.8, 4) is 0 Å². The summed E-state index contributed by atoms with van der Waals surface area (Å²) < 4.78 is 6.39. The Morgan fingerprint density at radius 2 is 1.81 bits per heavy atom. The van der Waals surface area contributed by atoms with Gasteiger partial charge in [-0.15, -0.1) is 0 Å². The van der Waals surface area contributed by atoms with Crippen molar-refractivity contribution >= 4 is 23.2 Å². The lowest BCUT2D eigenvalue weighted by atomic mass is 9.73. The smallest absolute Gasteiger partial charge is 0.340 e. The Hall–Kier alpha value is -2.12. The van der Waals surface area contributed by atoms with E-state index >= 15 is 0 Å². The highest BCUT2D eigenvalue weighted by Gasteiger charge is 2.37. The van der Waals surface area contributed by atoms with Crippen molar-refractivity contribution in [2.75, 3.05) is 19.7 Å². The lowest BCUT2D eigenvalue weighted by molar-refractivity contribution is 0.00246. The monoisotopic (exact) mass is 460 g/mol. The van der Waals surface area contributed by atoms with Gasteiger partial charge in [0.15, 0.2) is 0 Å². The van der Waals surface area contributed by atoms with E-state index in [0.717, 1.165) is 31.5 Å². The van der Waals surface area contributed by atoms with Gasteiger partial charge in [-0.05, 0) is 62.2 Å². The number of aromatic nitrogens is 3. The molecular weight excluding hydrogens is 435 g/mol. The van der Waals surface area contributed by atoms with E-state index in [4.69, 9.17) is 27.9 Å². The van der Waals surface area contributed by atoms with E-state index in [1.165, 1.54) is 5.56 Å². The summed E-state index contributed by atoms with van der Waals surface area (Å²) in [5, 5.41) is 7.68. The van der Waals surface area contributed by atoms with E-state index in [0.29, 0.717) is 29.0 Å². The summed E-state index contributed by atoms with van der Waals surface area (Å²) in [5.74, 6) is 0.667. The molecule has 8 heteroatoms. The third kappa shape index (κ3) is 5.39. The summed E-state index contributed by atoms with van der Waals surface area (Å²) in [6.07, 6.45) is 1.78. The van der Waals surface area contributed by atoms with Gasteiger partial charge in [-0.3, -0.25) is 9.88 Å². The summed E-state index contributed by atoms with van der Waals surface area (Å²) in [5.41, 5.74) is 1.92. The number of piperidine rings is 1. The van der Waals surface area contributed by atoms with Crippen LogP contribution in [0.3, 0.4) is 0 Å². The zero-order chi connectivity index (χ0) is 21.8. The highest BCUT2D eigenvalue weighted by molar-refractivity contribution is 6.34. The first kappa shape index (κ1) is 22.1. The van der Waals surface area contributed by atoms with Crippen LogP contribution in [0.5, 0.6) is 0 Å². The van der Waals surface area contributed by atoms with Crippen LogP contribution in [-0.2, 0) is 16.7 Å². The molecule has 1 aliphatic rings. The summed E-state index contributed by atoms with van der Waals surface area (Å²) in [7, 11) is 0. The van der Waals surface area contributed by atoms with Gasteiger partial charge in [-0.1, -0.05) is 53.5 Å². The molecule has 2 N–H and O–H groups in total. The van der Waals surface area contributed by atoms with Crippen LogP contribution >= 0.6 is 23.2 Å². The topological polar surface area (TPSA) is 74.0 Å². The number of H-pyrrole nitrogens is 2. The Morgan fingerprint density at radius 1 is 1.13 bits per heavy atom. The van der Waals surface area contributed by atoms with Crippen LogP contribution in [0.1, 0.15) is 42.8 Å². The van der Waals surface area contributed by atoms with Gasteiger partial charge in [-0.25, -0.2) is 9.89 Å². The van der Waals surface area contributed by atoms with E-state index < -0.39 is 0 Å². The van der Waals surface area contributed by atoms with Crippen LogP contribution < -0.4 is 5.69 Å². The van der Waals surface area contributed by atoms with Gasteiger partial charge >= 0.3 is 5.69 Å². The van der Waals surface area contributed by atoms with E-state index in [-0.39, 0.29) is 17.2 Å². The van der Waals surface area contributed by atoms with Crippen molar-refractivity contribution in [3.63, 3.8) is 0 Å². The number of hydrogen-bond acceptors (Lipinski definition) is 4. The highest BCUT2D eigenvalue weighted by atomic mass is 35.5. The standard InChI is InChI=1S/C23H26Cl2N4O2/c1-16(17-11-19(24)13-20(25)12-17)31-15-23(18-5-3-2-4-6-18)7-9-29(10-8-23)14-21-26-22(30)28-27-21/h2-6,11-13,16H,7-10,14-15H2,1H3,(H2,26,27,28,30). The number of nitrogens with one attached hydrogen (secondary N) is 2. The van der Waals surface area contributed by atoms with Crippen molar-refractivity contribution in [3.05, 3.63) is 86.0 Å². The van der Waals surface area contributed by atoms with Crippen molar-refractivity contribution < 1.29 is 4.74 Å². The zero-order valence-electron chi connectivity index (χ0n) is 17.4. The molecule has 4 rings (SSSR count). The van der Waals surface area contributed by atoms with E-state index in [1.54, 1.807) is 6.07 Å². The SMILES string of the molecule is CC(OCC1(c2ccccc2)CCN(Cc2n[nH]c(=O)[nH]2)CC1)c1cc(Cl)cc(Cl)c1. The van der Waals surface area contributed by atoms with Crippen LogP contribution in [0, 0.1) is 0 Å². The average Bonchev–Trinajstić information content (AvgIpc) is 3.17. The molecule has 164 valence electrons. The molecule has 1 atom stereocenters. The van der Waals surface area contributed by atoms with Crippen molar-refractivity contribution in [2.45, 2.75) is 37.8 Å². The second-order valence-corrected chi connectivity index (χ2v) is 9.08. The average molecular weight is 461 g/mol. The summed E-state index contributed by atoms with van der Waals surface area (Å²) in [4.78, 5) is 16.3. The Balaban J connectivity index is 1.47. The lowest BCUT2D eigenvalue weighted by Crippen LogP contribution is -2.45. The minimum atomic E-state index is -0.269. The molecule has 1 fully saturated rings. The van der Waals surface area contributed by atoms with E-state index in [9.17, 15) is 4.79 Å². The molecule has 0 amide bonds. The first-order valence-corrected chi connectivity index (χ1v) is 11.2. The Kier molecular flexibility index (Phi) is 6.82. The number of nitrogens with zero attached hydrogens (tertiary/aromatic N) is 2. The molecule has 1 aromatic heterocycles. The van der Waals surface area contributed by atoms with E-state index in [2.05, 4.69) is 44.3 Å². The molecule has 31 heavy (non-hydrogen) atoms. The van der Waals surface area contributed by atoms with Crippen molar-refractivity contribution in [1.82, 2.24) is 20.1 Å². The number of rotatable bonds is 7. The van der Waals surface area contributed by atoms with Gasteiger partial charge < -0.3 is 4.74 Å². The highest BCUT2D eigenvalue weighted by Crippen LogP contribution is 2.38. The van der Waals surface area contributed by atoms with Crippen LogP contribution in [0.4, 0.5) is 0 Å². The maximum absolute atomic E-state index is 11.3. The normalized spacial score (nSPS) is 17.5. The summed E-state index contributed by atoms with van der Waals surface area (Å²) in [6.45, 7) is 5.05. The van der Waals surface area contributed by atoms with Gasteiger partial charge in [0.2, 0.25) is 0 Å². The minimum Gasteiger partial charge on any atom is -0.373 e. The maximum Gasteiger partial charge on any atom is 0.340 e. The molecule has 2 aromatic carbocycles. The number of benzene rings is 2. The number of hydrogen-bond donors (Lipinski definition) is 2. The molecule has 0 saturated carbocycles. The molecule has 1 unspecified atom stereocenters. The molecule has 0 aliphatic carbocycles. The molecule has 6 nitrogen and oxygen atoms in total. The minimum absolute atomic E-state index is 0.0760. The first-order valence-electron chi connectivity index (χ1n) is 10.4. The fourth-order valence-corrected chi connectivity index (χ4v) is 4.77. The Labute approximate surface area is 191 Å². The Morgan fingerprint density at radius 3 is 2.42 bits per heavy atom. The van der Waals surface area contributed by atoms with E-state index in [1.807, 2.05) is 25.1 Å². The molecule has 3 aromatic rings. The van der Waals surface area contributed by atoms with Gasteiger partial charge in [0.1, 0.15) is 5.82 Å². The quantitative estimate of drug-likeness (QED) is 0.534.